The van der Waals surface area contributed by atoms with Gasteiger partial charge in [0.05, 0.1) is 26.6 Å². The zero-order valence-corrected chi connectivity index (χ0v) is 28.4. The summed E-state index contributed by atoms with van der Waals surface area (Å²) in [6.45, 7) is 0. The van der Waals surface area contributed by atoms with E-state index in [9.17, 15) is 25.9 Å². The van der Waals surface area contributed by atoms with Crippen molar-refractivity contribution in [3.05, 3.63) is 52.5 Å². The number of thiophene rings is 2. The van der Waals surface area contributed by atoms with Crippen LogP contribution in [0.4, 0.5) is 0 Å². The Morgan fingerprint density at radius 2 is 1.39 bits per heavy atom. The molecule has 0 spiro atoms. The van der Waals surface area contributed by atoms with Crippen molar-refractivity contribution in [3.63, 3.8) is 0 Å². The van der Waals surface area contributed by atoms with E-state index < -0.39 is 26.5 Å². The predicted octanol–water partition coefficient (Wildman–Crippen LogP) is -0.0624. The molecule has 3 aromatic carbocycles. The number of hydrogen-bond donors (Lipinski definition) is 0. The minimum absolute atomic E-state index is 0. The van der Waals surface area contributed by atoms with E-state index in [0.717, 1.165) is 28.1 Å². The van der Waals surface area contributed by atoms with E-state index in [2.05, 4.69) is 0 Å². The van der Waals surface area contributed by atoms with Crippen LogP contribution in [-0.2, 0) is 20.8 Å². The van der Waals surface area contributed by atoms with Gasteiger partial charge in [-0.3, -0.25) is 0 Å². The second-order valence-electron chi connectivity index (χ2n) is 7.25. The van der Waals surface area contributed by atoms with Gasteiger partial charge in [-0.25, -0.2) is 16.8 Å². The Morgan fingerprint density at radius 3 is 2.03 bits per heavy atom. The molecule has 5 aromatic rings. The van der Waals surface area contributed by atoms with Gasteiger partial charge in [0.1, 0.15) is 10.8 Å². The van der Waals surface area contributed by atoms with Crippen molar-refractivity contribution in [2.24, 2.45) is 0 Å². The molecule has 0 saturated carbocycles. The van der Waals surface area contributed by atoms with Gasteiger partial charge in [0, 0.05) is 15.5 Å². The first-order valence-electron chi connectivity index (χ1n) is 9.61. The zero-order chi connectivity index (χ0) is 26.0. The number of halogens is 2. The summed E-state index contributed by atoms with van der Waals surface area (Å²) < 4.78 is 85.8. The van der Waals surface area contributed by atoms with E-state index in [1.165, 1.54) is 13.2 Å². The molecule has 0 atom stereocenters. The van der Waals surface area contributed by atoms with E-state index in [1.54, 1.807) is 36.4 Å². The largest absolute Gasteiger partial charge is 1.00 e. The maximum atomic E-state index is 11.7. The fourth-order valence-electron chi connectivity index (χ4n) is 3.78. The molecule has 0 aliphatic heterocycles. The van der Waals surface area contributed by atoms with Crippen LogP contribution in [0.2, 0.25) is 10.0 Å². The maximum absolute atomic E-state index is 11.7. The first-order valence-corrected chi connectivity index (χ1v) is 14.7. The summed E-state index contributed by atoms with van der Waals surface area (Å²) in [4.78, 5) is 0.0198. The third kappa shape index (κ3) is 6.11. The first-order chi connectivity index (χ1) is 16.9. The number of rotatable bonds is 6. The summed E-state index contributed by atoms with van der Waals surface area (Å²) in [5.41, 5.74) is 0. The molecule has 0 bridgehead atoms. The Bertz CT molecular complexity index is 1920. The van der Waals surface area contributed by atoms with Crippen molar-refractivity contribution in [2.75, 3.05) is 7.11 Å². The van der Waals surface area contributed by atoms with Crippen LogP contribution in [0.15, 0.2) is 42.5 Å². The summed E-state index contributed by atoms with van der Waals surface area (Å²) in [7, 11) is -9.26. The van der Waals surface area contributed by atoms with Gasteiger partial charge in [0.15, 0.2) is 11.5 Å². The second kappa shape index (κ2) is 11.9. The Kier molecular flexibility index (Phi) is 10.0. The van der Waals surface area contributed by atoms with Crippen molar-refractivity contribution < 1.29 is 98.2 Å². The molecule has 0 aliphatic rings. The maximum Gasteiger partial charge on any atom is 1.00 e. The summed E-state index contributed by atoms with van der Waals surface area (Å²) in [5.74, 6) is -0.700. The Morgan fingerprint density at radius 1 is 0.789 bits per heavy atom. The van der Waals surface area contributed by atoms with E-state index in [4.69, 9.17) is 36.3 Å². The van der Waals surface area contributed by atoms with Crippen molar-refractivity contribution in [1.82, 2.24) is 0 Å². The third-order valence-corrected chi connectivity index (χ3v) is 9.32. The smallest absolute Gasteiger partial charge is 0.716 e. The van der Waals surface area contributed by atoms with E-state index in [1.807, 2.05) is 0 Å². The van der Waals surface area contributed by atoms with Gasteiger partial charge >= 0.3 is 59.1 Å². The standard InChI is InChI=1S/C21H12Cl2O9S4.2Na/c1-30-12-8-11-17(31-35(24,25)26)20(34-19(11)16(23)15(12)22)21-18(32-36(27,28)29)14-10-5-3-2-4-9(10)6-7-13(14)33-21;;/h2-8H,1H3,(H,24,25,26)(H,27,28,29);;/q;2*+1/p-2. The molecule has 5 rings (SSSR count). The summed E-state index contributed by atoms with van der Waals surface area (Å²) in [5, 5.41) is 1.70. The van der Waals surface area contributed by atoms with Crippen LogP contribution >= 0.6 is 45.9 Å². The third-order valence-electron chi connectivity index (χ3n) is 5.12. The van der Waals surface area contributed by atoms with Crippen LogP contribution in [-0.4, -0.2) is 33.1 Å². The number of hydrogen-bond acceptors (Lipinski definition) is 11. The van der Waals surface area contributed by atoms with Crippen molar-refractivity contribution >= 4 is 97.6 Å². The number of ether oxygens (including phenoxy) is 1. The molecule has 0 N–H and O–H groups in total. The topological polar surface area (TPSA) is 142 Å². The normalized spacial score (nSPS) is 11.8. The molecule has 0 aliphatic carbocycles. The Balaban J connectivity index is 0.00000200. The van der Waals surface area contributed by atoms with Crippen molar-refractivity contribution in [2.45, 2.75) is 0 Å². The van der Waals surface area contributed by atoms with E-state index in [0.29, 0.717) is 15.5 Å². The molecule has 188 valence electrons. The van der Waals surface area contributed by atoms with Crippen molar-refractivity contribution in [1.29, 1.82) is 0 Å². The van der Waals surface area contributed by atoms with Gasteiger partial charge in [-0.05, 0) is 22.9 Å². The molecular weight excluding hydrogens is 641 g/mol. The van der Waals surface area contributed by atoms with Crippen LogP contribution in [0.25, 0.3) is 40.7 Å². The van der Waals surface area contributed by atoms with Crippen LogP contribution < -0.4 is 72.2 Å². The van der Waals surface area contributed by atoms with Gasteiger partial charge in [-0.15, -0.1) is 22.7 Å². The summed E-state index contributed by atoms with van der Waals surface area (Å²) in [6.07, 6.45) is 0. The average molecular weight is 651 g/mol. The van der Waals surface area contributed by atoms with Crippen LogP contribution in [0.1, 0.15) is 0 Å². The molecule has 17 heteroatoms. The van der Waals surface area contributed by atoms with E-state index >= 15 is 0 Å². The average Bonchev–Trinajstić information content (AvgIpc) is 3.32. The Hall–Kier alpha value is -0.360. The van der Waals surface area contributed by atoms with Gasteiger partial charge in [0.25, 0.3) is 20.8 Å². The van der Waals surface area contributed by atoms with Crippen LogP contribution in [0.3, 0.4) is 0 Å². The SMILES string of the molecule is COc1cc2c(OS(=O)(=O)[O-])c(-c3sc4ccc5ccccc5c4c3OS(=O)(=O)[O-])sc2c(Cl)c1Cl.[Na+].[Na+]. The second-order valence-corrected chi connectivity index (χ2v) is 12.0. The fraction of sp³-hybridized carbons (Fsp3) is 0.0476. The zero-order valence-electron chi connectivity index (χ0n) is 19.6. The van der Waals surface area contributed by atoms with Gasteiger partial charge < -0.3 is 22.2 Å². The summed E-state index contributed by atoms with van der Waals surface area (Å²) >= 11 is 14.5. The van der Waals surface area contributed by atoms with Crippen molar-refractivity contribution in [3.8, 4) is 27.0 Å². The molecule has 0 saturated heterocycles. The molecule has 38 heavy (non-hydrogen) atoms. The summed E-state index contributed by atoms with van der Waals surface area (Å²) in [6, 6.07) is 11.8. The minimum Gasteiger partial charge on any atom is -0.716 e. The van der Waals surface area contributed by atoms with Gasteiger partial charge in [-0.1, -0.05) is 53.5 Å². The monoisotopic (exact) mass is 650 g/mol. The van der Waals surface area contributed by atoms with Gasteiger partial charge in [0.2, 0.25) is 0 Å². The van der Waals surface area contributed by atoms with Crippen LogP contribution in [0, 0.1) is 0 Å². The fourth-order valence-corrected chi connectivity index (χ4v) is 7.65. The molecular formula is C21H10Cl2Na2O9S4. The quantitative estimate of drug-likeness (QED) is 0.140. The minimum atomic E-state index is -5.30. The predicted molar refractivity (Wildman–Crippen MR) is 137 cm³/mol. The first kappa shape index (κ1) is 32.2. The molecule has 2 aromatic heterocycles. The van der Waals surface area contributed by atoms with E-state index in [-0.39, 0.29) is 100 Å². The molecule has 0 radical (unpaired) electrons. The molecule has 0 unspecified atom stereocenters. The molecule has 2 heterocycles. The van der Waals surface area contributed by atoms with Gasteiger partial charge in [-0.2, -0.15) is 0 Å². The number of benzene rings is 3. The number of methoxy groups -OCH3 is 1. The molecule has 0 fully saturated rings. The number of fused-ring (bicyclic) bond motifs is 4. The molecule has 0 amide bonds. The van der Waals surface area contributed by atoms with Crippen LogP contribution in [0.5, 0.6) is 17.2 Å². The molecule has 9 nitrogen and oxygen atoms in total. The Labute approximate surface area is 279 Å².